The lowest BCUT2D eigenvalue weighted by atomic mass is 9.66. The van der Waals surface area contributed by atoms with E-state index in [1.54, 1.807) is 42.5 Å². The van der Waals surface area contributed by atoms with Gasteiger partial charge in [-0.15, -0.1) is 25.5 Å². The molecule has 0 unspecified atom stereocenters. The topological polar surface area (TPSA) is 301 Å². The first-order valence-electron chi connectivity index (χ1n) is 39.6. The Hall–Kier alpha value is -11.1. The van der Waals surface area contributed by atoms with E-state index in [1.165, 1.54) is 98.0 Å². The van der Waals surface area contributed by atoms with Crippen LogP contribution in [0, 0.1) is 68.2 Å². The second-order valence-electron chi connectivity index (χ2n) is 34.7. The van der Waals surface area contributed by atoms with Gasteiger partial charge in [0, 0.05) is 24.8 Å². The maximum atomic E-state index is 14.6. The number of aryl methyl sites for hydroxylation is 1. The molecule has 123 heavy (non-hydrogen) atoms. The van der Waals surface area contributed by atoms with E-state index in [-0.39, 0.29) is 119 Å². The molecule has 8 atom stereocenters. The summed E-state index contributed by atoms with van der Waals surface area (Å²) in [7, 11) is -0.140. The number of aliphatic carboxylic acids is 1. The van der Waals surface area contributed by atoms with E-state index in [2.05, 4.69) is 117 Å². The van der Waals surface area contributed by atoms with Crippen LogP contribution in [0.3, 0.4) is 0 Å². The van der Waals surface area contributed by atoms with Crippen molar-refractivity contribution in [3.05, 3.63) is 252 Å². The fraction of sp³-hybridized carbons (Fsp3) is 0.375. The summed E-state index contributed by atoms with van der Waals surface area (Å²) in [4.78, 5) is 42.7. The van der Waals surface area contributed by atoms with Crippen LogP contribution in [0.15, 0.2) is 122 Å². The number of rotatable bonds is 14. The monoisotopic (exact) mass is 1760 g/mol. The Labute approximate surface area is 715 Å². The van der Waals surface area contributed by atoms with Gasteiger partial charge in [0.25, 0.3) is 5.95 Å². The summed E-state index contributed by atoms with van der Waals surface area (Å²) in [5.74, 6) is -4.82. The first-order chi connectivity index (χ1) is 58.3. The van der Waals surface area contributed by atoms with Gasteiger partial charge in [0.05, 0.1) is 121 Å². The van der Waals surface area contributed by atoms with Crippen molar-refractivity contribution in [2.45, 2.75) is 159 Å². The lowest BCUT2D eigenvalue weighted by Crippen LogP contribution is -2.43. The van der Waals surface area contributed by atoms with Crippen LogP contribution in [0.2, 0.25) is 15.7 Å². The van der Waals surface area contributed by atoms with Gasteiger partial charge in [-0.2, -0.15) is 35.0 Å². The first kappa shape index (κ1) is 84.1. The van der Waals surface area contributed by atoms with Gasteiger partial charge in [0.1, 0.15) is 73.3 Å². The Morgan fingerprint density at radius 2 is 0.780 bits per heavy atom. The number of fused-ring (bicyclic) bond motifs is 20. The molecule has 12 aromatic rings. The number of aromatic nitrogens is 17. The molecular formula is C88H78Cl3F8N17O6S. The van der Waals surface area contributed by atoms with Gasteiger partial charge in [-0.05, 0) is 221 Å². The number of hydrogen-bond acceptors (Lipinski definition) is 21. The summed E-state index contributed by atoms with van der Waals surface area (Å²) in [5.41, 5.74) is 4.03. The highest BCUT2D eigenvalue weighted by Gasteiger charge is 2.70. The van der Waals surface area contributed by atoms with Crippen LogP contribution < -0.4 is 9.47 Å². The highest BCUT2D eigenvalue weighted by atomic mass is 35.5. The number of methoxy groups -OCH3 is 2. The number of halogens is 11. The van der Waals surface area contributed by atoms with Crippen molar-refractivity contribution < 1.29 is 62.9 Å². The minimum Gasteiger partial charge on any atom is -0.481 e. The molecule has 634 valence electrons. The number of benzene rings is 4. The normalized spacial score (nSPS) is 23.4. The Kier molecular flexibility index (Phi) is 20.6. The molecule has 20 rings (SSSR count). The van der Waals surface area contributed by atoms with Crippen LogP contribution in [0.5, 0.6) is 11.8 Å². The molecule has 0 amide bonds. The van der Waals surface area contributed by atoms with Crippen LogP contribution in [0.1, 0.15) is 198 Å². The SMILES string of the molecule is CC1(C)[C@H]2CC[C@]1(C(=O)O)c1nnc(-c3c(F)cccc3F)cc12.CC1(C)[C@H]2CC[C@]1(c1cc(Cl)nc(Cl)n1)c1nnc(-c3c(F)cccc3F)cc12.COc1cc([C@@]23CC[C@@H](c4cc(-c5c(F)cccc5F)nnc42)C3(C)C)nc(-n2cnc(CCS(C)(=O)=O)n2)n1.COc1cc([C@@]23CC[C@@H](c4cc(-c5c(F)cccc5F)nnc42)C3(C)C)nc(Cl)n1. The average Bonchev–Trinajstić information content (AvgIpc) is 1.53. The average molecular weight is 1760 g/mol. The van der Waals surface area contributed by atoms with E-state index in [1.807, 2.05) is 13.8 Å². The molecule has 0 saturated heterocycles. The van der Waals surface area contributed by atoms with E-state index in [9.17, 15) is 53.4 Å². The molecule has 8 heterocycles. The largest absolute Gasteiger partial charge is 0.481 e. The molecule has 0 spiro atoms. The van der Waals surface area contributed by atoms with Crippen molar-refractivity contribution in [2.24, 2.45) is 21.7 Å². The second-order valence-corrected chi connectivity index (χ2v) is 38.0. The van der Waals surface area contributed by atoms with Crippen molar-refractivity contribution in [3.63, 3.8) is 0 Å². The van der Waals surface area contributed by atoms with Crippen molar-refractivity contribution >= 4 is 50.6 Å². The first-order valence-corrected chi connectivity index (χ1v) is 42.8. The van der Waals surface area contributed by atoms with E-state index >= 15 is 0 Å². The summed E-state index contributed by atoms with van der Waals surface area (Å²) in [5, 5.41) is 49.0. The van der Waals surface area contributed by atoms with Crippen molar-refractivity contribution in [2.75, 3.05) is 26.2 Å². The summed E-state index contributed by atoms with van der Waals surface area (Å²) < 4.78 is 150. The highest BCUT2D eigenvalue weighted by molar-refractivity contribution is 7.90. The maximum absolute atomic E-state index is 14.6. The fourth-order valence-corrected chi connectivity index (χ4v) is 23.0. The van der Waals surface area contributed by atoms with Crippen molar-refractivity contribution in [1.82, 2.24) is 85.5 Å². The van der Waals surface area contributed by atoms with Gasteiger partial charge < -0.3 is 14.6 Å². The number of sulfone groups is 1. The molecule has 0 aliphatic heterocycles. The van der Waals surface area contributed by atoms with E-state index in [0.717, 1.165) is 90.5 Å². The number of hydrogen-bond donors (Lipinski definition) is 1. The van der Waals surface area contributed by atoms with Crippen LogP contribution in [-0.4, -0.2) is 131 Å². The molecule has 35 heteroatoms. The van der Waals surface area contributed by atoms with Gasteiger partial charge in [-0.1, -0.05) is 91.3 Å². The third-order valence-electron chi connectivity index (χ3n) is 28.0. The van der Waals surface area contributed by atoms with Gasteiger partial charge in [-0.3, -0.25) is 4.79 Å². The predicted molar refractivity (Wildman–Crippen MR) is 437 cm³/mol. The quantitative estimate of drug-likeness (QED) is 0.0601. The number of carbonyl (C=O) groups is 1. The standard InChI is InChI=1S/C27H27F2N7O3S.C22H19ClF2N4O.C21H16Cl2F2N4.C18H16F2N2O2/c1-26(2)16-8-10-27(26,24-15(16)12-19(33-34-24)23-17(28)6-5-7-18(23)29)20-13-22(39-3)32-25(31-20)36-14-30-21(35-36)9-11-40(4,37)38;1-21(2)12-7-8-22(21,16-10-17(30-3)27-20(23)26-16)19-11(12)9-15(28-29-19)18-13(24)5-4-6-14(18)25;1-20(2)11-6-7-21(20,15-9-16(22)27-19(23)26-15)18-10(11)8-14(28-29-18)17-12(24)4-3-5-13(17)25;1-17(2)10-6-7-18(17,16(23)24)15-9(10)8-13(21-22-15)14-11(19)4-3-5-12(14)20/h5-7,12-14,16H,8-11H2,1-4H3;4-6,9-10,12H,7-8H2,1-3H3;3-5,8-9,11H,6-7H2,1-2H3;3-5,8,10H,6-7H2,1-2H3,(H,23,24)/t16-,27-;12-,22-;11-,21-;10-,18+/m0000/s1. The molecule has 4 aromatic carbocycles. The highest BCUT2D eigenvalue weighted by Crippen LogP contribution is 2.73. The van der Waals surface area contributed by atoms with Gasteiger partial charge in [0.2, 0.25) is 22.3 Å². The van der Waals surface area contributed by atoms with Gasteiger partial charge >= 0.3 is 5.97 Å². The van der Waals surface area contributed by atoms with E-state index < -0.39 is 89.4 Å². The Bertz CT molecular complexity index is 6410. The summed E-state index contributed by atoms with van der Waals surface area (Å²) in [6.07, 6.45) is 8.96. The minimum atomic E-state index is -3.18. The number of carboxylic acids is 1. The molecule has 8 aromatic heterocycles. The fourth-order valence-electron chi connectivity index (χ4n) is 21.9. The van der Waals surface area contributed by atoms with Crippen LogP contribution in [0.4, 0.5) is 35.1 Å². The number of carboxylic acid groups (broad SMARTS) is 1. The van der Waals surface area contributed by atoms with E-state index in [0.29, 0.717) is 46.8 Å². The molecule has 4 saturated carbocycles. The molecule has 8 aliphatic carbocycles. The molecule has 23 nitrogen and oxygen atoms in total. The lowest BCUT2D eigenvalue weighted by Gasteiger charge is -2.37. The number of nitrogens with zero attached hydrogens (tertiary/aromatic N) is 17. The van der Waals surface area contributed by atoms with Crippen LogP contribution in [-0.2, 0) is 42.7 Å². The lowest BCUT2D eigenvalue weighted by molar-refractivity contribution is -0.147. The van der Waals surface area contributed by atoms with Crippen molar-refractivity contribution in [3.8, 4) is 62.7 Å². The van der Waals surface area contributed by atoms with Gasteiger partial charge in [-0.25, -0.2) is 68.5 Å². The Morgan fingerprint density at radius 1 is 0.447 bits per heavy atom. The smallest absolute Gasteiger partial charge is 0.316 e. The zero-order valence-electron chi connectivity index (χ0n) is 68.1. The maximum Gasteiger partial charge on any atom is 0.316 e. The van der Waals surface area contributed by atoms with Crippen LogP contribution in [0.25, 0.3) is 51.0 Å². The van der Waals surface area contributed by atoms with Gasteiger partial charge in [0.15, 0.2) is 5.82 Å². The zero-order valence-corrected chi connectivity index (χ0v) is 71.2. The summed E-state index contributed by atoms with van der Waals surface area (Å²) in [6.45, 7) is 16.8. The van der Waals surface area contributed by atoms with Crippen molar-refractivity contribution in [1.29, 1.82) is 0 Å². The minimum absolute atomic E-state index is 0.00677. The molecular weight excluding hydrogens is 1680 g/mol. The predicted octanol–water partition coefficient (Wildman–Crippen LogP) is 18.1. The van der Waals surface area contributed by atoms with Crippen LogP contribution >= 0.6 is 34.8 Å². The van der Waals surface area contributed by atoms with E-state index in [4.69, 9.17) is 49.3 Å². The third kappa shape index (κ3) is 12.9. The Balaban J connectivity index is 0.000000118. The second kappa shape index (κ2) is 30.1. The third-order valence-corrected chi connectivity index (χ3v) is 29.5. The zero-order chi connectivity index (χ0) is 87.5. The molecule has 8 bridgehead atoms. The molecule has 8 aliphatic rings. The summed E-state index contributed by atoms with van der Waals surface area (Å²) >= 11 is 18.4. The molecule has 0 radical (unpaired) electrons. The Morgan fingerprint density at radius 3 is 1.15 bits per heavy atom. The molecule has 1 N–H and O–H groups in total. The molecule has 4 fully saturated rings. The summed E-state index contributed by atoms with van der Waals surface area (Å²) in [6, 6.07) is 27.1. The number of ether oxygens (including phenoxy) is 2.